The molecule has 1 fully saturated rings. The summed E-state index contributed by atoms with van der Waals surface area (Å²) < 4.78 is 5.41. The van der Waals surface area contributed by atoms with Crippen LogP contribution in [-0.4, -0.2) is 57.6 Å². The molecule has 1 amide bonds. The zero-order valence-corrected chi connectivity index (χ0v) is 14.8. The Bertz CT molecular complexity index is 859. The average Bonchev–Trinajstić information content (AvgIpc) is 3.28. The number of aromatic amines is 1. The van der Waals surface area contributed by atoms with Gasteiger partial charge in [0.1, 0.15) is 12.3 Å². The number of nitrogens with zero attached hydrogens (tertiary/aromatic N) is 5. The van der Waals surface area contributed by atoms with Crippen molar-refractivity contribution >= 4 is 11.8 Å². The van der Waals surface area contributed by atoms with Gasteiger partial charge in [-0.15, -0.1) is 0 Å². The first-order valence-corrected chi connectivity index (χ1v) is 8.82. The highest BCUT2D eigenvalue weighted by Crippen LogP contribution is 2.19. The summed E-state index contributed by atoms with van der Waals surface area (Å²) in [6.07, 6.45) is 3.20. The van der Waals surface area contributed by atoms with E-state index in [1.165, 1.54) is 0 Å². The van der Waals surface area contributed by atoms with Gasteiger partial charge in [0.15, 0.2) is 0 Å². The fourth-order valence-electron chi connectivity index (χ4n) is 3.01. The lowest BCUT2D eigenvalue weighted by molar-refractivity contribution is 0.0942. The van der Waals surface area contributed by atoms with Crippen molar-refractivity contribution in [2.24, 2.45) is 0 Å². The van der Waals surface area contributed by atoms with Crippen LogP contribution in [0.3, 0.4) is 0 Å². The van der Waals surface area contributed by atoms with Crippen LogP contribution in [0.1, 0.15) is 5.56 Å². The van der Waals surface area contributed by atoms with E-state index in [0.29, 0.717) is 25.4 Å². The maximum absolute atomic E-state index is 12.2. The number of carbonyl (C=O) groups excluding carboxylic acids is 1. The number of anilines is 1. The fourth-order valence-corrected chi connectivity index (χ4v) is 3.01. The van der Waals surface area contributed by atoms with Crippen LogP contribution < -0.4 is 4.90 Å². The quantitative estimate of drug-likeness (QED) is 0.764. The zero-order valence-electron chi connectivity index (χ0n) is 14.8. The Balaban J connectivity index is 1.29. The summed E-state index contributed by atoms with van der Waals surface area (Å²) in [6, 6.07) is 13.6. The van der Waals surface area contributed by atoms with E-state index in [9.17, 15) is 4.79 Å². The SMILES string of the molecule is O=C(OCc1ccccc1)N1CCN(c2ccc(-c3cn[nH]n3)nc2)CC1. The number of aromatic nitrogens is 4. The van der Waals surface area contributed by atoms with Gasteiger partial charge in [-0.25, -0.2) is 4.79 Å². The molecule has 1 N–H and O–H groups in total. The van der Waals surface area contributed by atoms with E-state index in [0.717, 1.165) is 30.0 Å². The summed E-state index contributed by atoms with van der Waals surface area (Å²) in [5.74, 6) is 0. The molecule has 0 spiro atoms. The van der Waals surface area contributed by atoms with E-state index >= 15 is 0 Å². The summed E-state index contributed by atoms with van der Waals surface area (Å²) in [7, 11) is 0. The Hall–Kier alpha value is -3.42. The molecule has 1 saturated heterocycles. The van der Waals surface area contributed by atoms with Crippen LogP contribution in [0.4, 0.5) is 10.5 Å². The van der Waals surface area contributed by atoms with Crippen molar-refractivity contribution in [3.8, 4) is 11.4 Å². The predicted molar refractivity (Wildman–Crippen MR) is 100 cm³/mol. The molecular formula is C19H20N6O2. The fraction of sp³-hybridized carbons (Fsp3) is 0.263. The first kappa shape index (κ1) is 17.0. The van der Waals surface area contributed by atoms with E-state index < -0.39 is 0 Å². The van der Waals surface area contributed by atoms with E-state index in [1.807, 2.05) is 48.7 Å². The highest BCUT2D eigenvalue weighted by molar-refractivity contribution is 5.68. The molecule has 0 unspecified atom stereocenters. The molecule has 0 bridgehead atoms. The number of benzene rings is 1. The number of H-pyrrole nitrogens is 1. The van der Waals surface area contributed by atoms with Gasteiger partial charge >= 0.3 is 6.09 Å². The van der Waals surface area contributed by atoms with Gasteiger partial charge in [0, 0.05) is 26.2 Å². The first-order valence-electron chi connectivity index (χ1n) is 8.82. The Kier molecular flexibility index (Phi) is 4.95. The largest absolute Gasteiger partial charge is 0.445 e. The van der Waals surface area contributed by atoms with Gasteiger partial charge < -0.3 is 14.5 Å². The standard InChI is InChI=1S/C19H20N6O2/c26-19(27-14-15-4-2-1-3-5-15)25-10-8-24(9-11-25)16-6-7-17(20-12-16)18-13-21-23-22-18/h1-7,12-13H,8-11,14H2,(H,21,22,23). The molecule has 138 valence electrons. The molecule has 8 heteroatoms. The van der Waals surface area contributed by atoms with Gasteiger partial charge in [0.25, 0.3) is 0 Å². The second-order valence-corrected chi connectivity index (χ2v) is 6.27. The van der Waals surface area contributed by atoms with Crippen molar-refractivity contribution < 1.29 is 9.53 Å². The predicted octanol–water partition coefficient (Wildman–Crippen LogP) is 2.33. The van der Waals surface area contributed by atoms with Crippen molar-refractivity contribution in [3.63, 3.8) is 0 Å². The van der Waals surface area contributed by atoms with E-state index in [1.54, 1.807) is 11.1 Å². The van der Waals surface area contributed by atoms with E-state index in [2.05, 4.69) is 25.3 Å². The Morgan fingerprint density at radius 3 is 2.48 bits per heavy atom. The molecular weight excluding hydrogens is 344 g/mol. The molecule has 3 aromatic rings. The molecule has 4 rings (SSSR count). The lowest BCUT2D eigenvalue weighted by Gasteiger charge is -2.35. The van der Waals surface area contributed by atoms with Crippen LogP contribution in [0.25, 0.3) is 11.4 Å². The third kappa shape index (κ3) is 4.05. The molecule has 1 aliphatic heterocycles. The minimum absolute atomic E-state index is 0.266. The molecule has 8 nitrogen and oxygen atoms in total. The number of hydrogen-bond acceptors (Lipinski definition) is 6. The number of pyridine rings is 1. The lowest BCUT2D eigenvalue weighted by atomic mass is 10.2. The van der Waals surface area contributed by atoms with Gasteiger partial charge in [-0.1, -0.05) is 30.3 Å². The van der Waals surface area contributed by atoms with Gasteiger partial charge in [-0.3, -0.25) is 4.98 Å². The van der Waals surface area contributed by atoms with Crippen molar-refractivity contribution in [2.75, 3.05) is 31.1 Å². The van der Waals surface area contributed by atoms with Crippen LogP contribution in [0.2, 0.25) is 0 Å². The van der Waals surface area contributed by atoms with Gasteiger partial charge in [-0.05, 0) is 17.7 Å². The molecule has 3 heterocycles. The van der Waals surface area contributed by atoms with Gasteiger partial charge in [0.2, 0.25) is 0 Å². The Labute approximate surface area is 156 Å². The third-order valence-corrected chi connectivity index (χ3v) is 4.53. The zero-order chi connectivity index (χ0) is 18.5. The van der Waals surface area contributed by atoms with Crippen LogP contribution in [0, 0.1) is 0 Å². The van der Waals surface area contributed by atoms with E-state index in [-0.39, 0.29) is 6.09 Å². The maximum Gasteiger partial charge on any atom is 0.410 e. The molecule has 0 radical (unpaired) electrons. The highest BCUT2D eigenvalue weighted by atomic mass is 16.6. The third-order valence-electron chi connectivity index (χ3n) is 4.53. The summed E-state index contributed by atoms with van der Waals surface area (Å²) in [4.78, 5) is 20.6. The minimum Gasteiger partial charge on any atom is -0.445 e. The maximum atomic E-state index is 12.2. The highest BCUT2D eigenvalue weighted by Gasteiger charge is 2.22. The Morgan fingerprint density at radius 1 is 1.00 bits per heavy atom. The van der Waals surface area contributed by atoms with Gasteiger partial charge in [-0.2, -0.15) is 15.4 Å². The van der Waals surface area contributed by atoms with E-state index in [4.69, 9.17) is 4.74 Å². The van der Waals surface area contributed by atoms with Crippen LogP contribution in [0.5, 0.6) is 0 Å². The minimum atomic E-state index is -0.266. The monoisotopic (exact) mass is 364 g/mol. The normalized spacial score (nSPS) is 14.2. The molecule has 2 aromatic heterocycles. The first-order chi connectivity index (χ1) is 13.3. The van der Waals surface area contributed by atoms with Crippen LogP contribution in [-0.2, 0) is 11.3 Å². The number of amides is 1. The summed E-state index contributed by atoms with van der Waals surface area (Å²) in [5.41, 5.74) is 3.51. The summed E-state index contributed by atoms with van der Waals surface area (Å²) in [5, 5.41) is 10.4. The molecule has 27 heavy (non-hydrogen) atoms. The van der Waals surface area contributed by atoms with Crippen molar-refractivity contribution in [1.82, 2.24) is 25.3 Å². The lowest BCUT2D eigenvalue weighted by Crippen LogP contribution is -2.49. The van der Waals surface area contributed by atoms with Crippen LogP contribution in [0.15, 0.2) is 54.9 Å². The molecule has 0 aliphatic carbocycles. The van der Waals surface area contributed by atoms with Crippen molar-refractivity contribution in [1.29, 1.82) is 0 Å². The van der Waals surface area contributed by atoms with Crippen LogP contribution >= 0.6 is 0 Å². The topological polar surface area (TPSA) is 87.2 Å². The molecule has 1 aliphatic rings. The second-order valence-electron chi connectivity index (χ2n) is 6.27. The molecule has 0 atom stereocenters. The number of ether oxygens (including phenoxy) is 1. The van der Waals surface area contributed by atoms with Crippen molar-refractivity contribution in [3.05, 3.63) is 60.4 Å². The second kappa shape index (κ2) is 7.86. The Morgan fingerprint density at radius 2 is 1.81 bits per heavy atom. The summed E-state index contributed by atoms with van der Waals surface area (Å²) in [6.45, 7) is 3.03. The summed E-state index contributed by atoms with van der Waals surface area (Å²) >= 11 is 0. The number of hydrogen-bond donors (Lipinski definition) is 1. The number of rotatable bonds is 4. The number of piperazine rings is 1. The smallest absolute Gasteiger partial charge is 0.410 e. The molecule has 0 saturated carbocycles. The average molecular weight is 364 g/mol. The number of carbonyl (C=O) groups is 1. The van der Waals surface area contributed by atoms with Gasteiger partial charge in [0.05, 0.1) is 23.8 Å². The molecule has 1 aromatic carbocycles. The van der Waals surface area contributed by atoms with Crippen molar-refractivity contribution in [2.45, 2.75) is 6.61 Å². The number of nitrogens with one attached hydrogen (secondary N) is 1.